The zero-order valence-electron chi connectivity index (χ0n) is 13.3. The molecule has 1 heterocycles. The molecular formula is C18H19FN2O2S. The Balaban J connectivity index is 1.64. The Labute approximate surface area is 140 Å². The molecule has 0 aliphatic rings. The lowest BCUT2D eigenvalue weighted by molar-refractivity contribution is 0.580. The maximum atomic E-state index is 12.9. The molecule has 0 aliphatic carbocycles. The van der Waals surface area contributed by atoms with E-state index in [1.807, 2.05) is 31.2 Å². The summed E-state index contributed by atoms with van der Waals surface area (Å²) >= 11 is 0. The summed E-state index contributed by atoms with van der Waals surface area (Å²) in [6.07, 6.45) is 0.610. The number of fused-ring (bicyclic) bond motifs is 1. The van der Waals surface area contributed by atoms with Crippen LogP contribution in [0.1, 0.15) is 16.8 Å². The molecule has 4 nitrogen and oxygen atoms in total. The van der Waals surface area contributed by atoms with Gasteiger partial charge in [0.15, 0.2) is 0 Å². The first-order valence-corrected chi connectivity index (χ1v) is 9.38. The van der Waals surface area contributed by atoms with Crippen molar-refractivity contribution >= 4 is 20.9 Å². The number of aromatic nitrogens is 1. The number of H-pyrrole nitrogens is 1. The summed E-state index contributed by atoms with van der Waals surface area (Å²) in [5.74, 6) is -0.529. The Bertz CT molecular complexity index is 947. The van der Waals surface area contributed by atoms with Crippen molar-refractivity contribution in [3.63, 3.8) is 0 Å². The van der Waals surface area contributed by atoms with Gasteiger partial charge in [0.25, 0.3) is 0 Å². The zero-order valence-corrected chi connectivity index (χ0v) is 14.2. The molecule has 2 N–H and O–H groups in total. The lowest BCUT2D eigenvalue weighted by atomic mass is 10.1. The van der Waals surface area contributed by atoms with E-state index in [1.165, 1.54) is 24.3 Å². The summed E-state index contributed by atoms with van der Waals surface area (Å²) in [7, 11) is -3.45. The topological polar surface area (TPSA) is 62.0 Å². The molecule has 0 radical (unpaired) electrons. The summed E-state index contributed by atoms with van der Waals surface area (Å²) < 4.78 is 39.8. The molecule has 0 saturated carbocycles. The molecule has 1 aromatic heterocycles. The van der Waals surface area contributed by atoms with Gasteiger partial charge in [0.05, 0.1) is 5.75 Å². The number of aromatic amines is 1. The van der Waals surface area contributed by atoms with Crippen molar-refractivity contribution in [2.45, 2.75) is 19.1 Å². The summed E-state index contributed by atoms with van der Waals surface area (Å²) in [6.45, 7) is 2.31. The van der Waals surface area contributed by atoms with Crippen LogP contribution in [0.5, 0.6) is 0 Å². The van der Waals surface area contributed by atoms with E-state index in [1.54, 1.807) is 0 Å². The first-order chi connectivity index (χ1) is 11.4. The molecule has 3 rings (SSSR count). The van der Waals surface area contributed by atoms with Crippen molar-refractivity contribution in [1.82, 2.24) is 9.71 Å². The van der Waals surface area contributed by atoms with Crippen LogP contribution >= 0.6 is 0 Å². The highest BCUT2D eigenvalue weighted by Gasteiger charge is 2.13. The van der Waals surface area contributed by atoms with E-state index in [0.29, 0.717) is 18.5 Å². The smallest absolute Gasteiger partial charge is 0.215 e. The van der Waals surface area contributed by atoms with E-state index >= 15 is 0 Å². The van der Waals surface area contributed by atoms with E-state index in [2.05, 4.69) is 9.71 Å². The second-order valence-corrected chi connectivity index (χ2v) is 7.61. The quantitative estimate of drug-likeness (QED) is 0.719. The van der Waals surface area contributed by atoms with Crippen molar-refractivity contribution in [2.75, 3.05) is 6.54 Å². The lowest BCUT2D eigenvalue weighted by Crippen LogP contribution is -2.27. The summed E-state index contributed by atoms with van der Waals surface area (Å²) in [5, 5.41) is 1.12. The lowest BCUT2D eigenvalue weighted by Gasteiger charge is -2.07. The van der Waals surface area contributed by atoms with Crippen molar-refractivity contribution < 1.29 is 12.8 Å². The van der Waals surface area contributed by atoms with Crippen LogP contribution in [0, 0.1) is 12.7 Å². The van der Waals surface area contributed by atoms with Gasteiger partial charge in [-0.2, -0.15) is 0 Å². The third-order valence-electron chi connectivity index (χ3n) is 3.99. The number of sulfonamides is 1. The minimum absolute atomic E-state index is 0.153. The normalized spacial score (nSPS) is 11.9. The Hall–Kier alpha value is -2.18. The predicted molar refractivity (Wildman–Crippen MR) is 93.8 cm³/mol. The van der Waals surface area contributed by atoms with Gasteiger partial charge in [-0.15, -0.1) is 0 Å². The first kappa shape index (κ1) is 16.7. The minimum Gasteiger partial charge on any atom is -0.358 e. The predicted octanol–water partition coefficient (Wildman–Crippen LogP) is 3.28. The molecular weight excluding hydrogens is 327 g/mol. The van der Waals surface area contributed by atoms with Gasteiger partial charge in [0.2, 0.25) is 10.0 Å². The van der Waals surface area contributed by atoms with Gasteiger partial charge >= 0.3 is 0 Å². The van der Waals surface area contributed by atoms with E-state index in [9.17, 15) is 12.8 Å². The molecule has 126 valence electrons. The van der Waals surface area contributed by atoms with Gasteiger partial charge < -0.3 is 4.98 Å². The van der Waals surface area contributed by atoms with Crippen molar-refractivity contribution in [2.24, 2.45) is 0 Å². The number of para-hydroxylation sites is 1. The van der Waals surface area contributed by atoms with Crippen LogP contribution in [0.25, 0.3) is 10.9 Å². The molecule has 2 aromatic carbocycles. The van der Waals surface area contributed by atoms with Gasteiger partial charge in [-0.1, -0.05) is 30.3 Å². The average Bonchev–Trinajstić information content (AvgIpc) is 2.85. The fraction of sp³-hybridized carbons (Fsp3) is 0.222. The van der Waals surface area contributed by atoms with Gasteiger partial charge in [0.1, 0.15) is 5.82 Å². The van der Waals surface area contributed by atoms with Crippen molar-refractivity contribution in [3.05, 3.63) is 71.2 Å². The minimum atomic E-state index is -3.45. The van der Waals surface area contributed by atoms with Crippen LogP contribution in [-0.4, -0.2) is 19.9 Å². The van der Waals surface area contributed by atoms with Crippen LogP contribution in [0.2, 0.25) is 0 Å². The fourth-order valence-corrected chi connectivity index (χ4v) is 3.99. The standard InChI is InChI=1S/C18H19FN2O2S/c1-13-16(17-4-2-3-5-18(17)21-13)10-11-20-24(22,23)12-14-6-8-15(19)9-7-14/h2-9,20-21H,10-12H2,1H3. The molecule has 0 bridgehead atoms. The SMILES string of the molecule is Cc1[nH]c2ccccc2c1CCNS(=O)(=O)Cc1ccc(F)cc1. The highest BCUT2D eigenvalue weighted by molar-refractivity contribution is 7.88. The number of halogens is 1. The van der Waals surface area contributed by atoms with Crippen LogP contribution in [0.15, 0.2) is 48.5 Å². The number of hydrogen-bond donors (Lipinski definition) is 2. The molecule has 0 spiro atoms. The van der Waals surface area contributed by atoms with Crippen LogP contribution < -0.4 is 4.72 Å². The summed E-state index contributed by atoms with van der Waals surface area (Å²) in [4.78, 5) is 3.31. The van der Waals surface area contributed by atoms with Crippen molar-refractivity contribution in [1.29, 1.82) is 0 Å². The largest absolute Gasteiger partial charge is 0.358 e. The van der Waals surface area contributed by atoms with E-state index in [0.717, 1.165) is 22.2 Å². The number of rotatable bonds is 6. The second kappa shape index (κ2) is 6.75. The molecule has 0 aliphatic heterocycles. The highest BCUT2D eigenvalue weighted by Crippen LogP contribution is 2.22. The maximum absolute atomic E-state index is 12.9. The molecule has 0 unspecified atom stereocenters. The Morgan fingerprint density at radius 1 is 1.08 bits per heavy atom. The maximum Gasteiger partial charge on any atom is 0.215 e. The molecule has 0 fully saturated rings. The van der Waals surface area contributed by atoms with Crippen LogP contribution in [0.4, 0.5) is 4.39 Å². The molecule has 0 atom stereocenters. The summed E-state index contributed by atoms with van der Waals surface area (Å²) in [6, 6.07) is 13.5. The van der Waals surface area contributed by atoms with Gasteiger partial charge in [-0.05, 0) is 42.7 Å². The zero-order chi connectivity index (χ0) is 17.2. The van der Waals surface area contributed by atoms with Gasteiger partial charge in [-0.3, -0.25) is 0 Å². The first-order valence-electron chi connectivity index (χ1n) is 7.72. The van der Waals surface area contributed by atoms with Gasteiger partial charge in [0, 0.05) is 23.1 Å². The van der Waals surface area contributed by atoms with E-state index < -0.39 is 10.0 Å². The summed E-state index contributed by atoms with van der Waals surface area (Å²) in [5.41, 5.74) is 3.79. The molecule has 24 heavy (non-hydrogen) atoms. The van der Waals surface area contributed by atoms with Crippen molar-refractivity contribution in [3.8, 4) is 0 Å². The third-order valence-corrected chi connectivity index (χ3v) is 5.35. The van der Waals surface area contributed by atoms with Crippen LogP contribution in [0.3, 0.4) is 0 Å². The Kier molecular flexibility index (Phi) is 4.69. The highest BCUT2D eigenvalue weighted by atomic mass is 32.2. The molecule has 0 saturated heterocycles. The van der Waals surface area contributed by atoms with E-state index in [4.69, 9.17) is 0 Å². The number of nitrogens with one attached hydrogen (secondary N) is 2. The third kappa shape index (κ3) is 3.83. The Morgan fingerprint density at radius 3 is 2.54 bits per heavy atom. The average molecular weight is 346 g/mol. The number of aryl methyl sites for hydroxylation is 1. The van der Waals surface area contributed by atoms with E-state index in [-0.39, 0.29) is 11.6 Å². The number of hydrogen-bond acceptors (Lipinski definition) is 2. The number of benzene rings is 2. The second-order valence-electron chi connectivity index (χ2n) is 5.80. The van der Waals surface area contributed by atoms with Gasteiger partial charge in [-0.25, -0.2) is 17.5 Å². The fourth-order valence-electron chi connectivity index (χ4n) is 2.84. The molecule has 0 amide bonds. The van der Waals surface area contributed by atoms with Crippen LogP contribution in [-0.2, 0) is 22.2 Å². The molecule has 6 heteroatoms. The molecule has 3 aromatic rings. The monoisotopic (exact) mass is 346 g/mol. The Morgan fingerprint density at radius 2 is 1.79 bits per heavy atom.